The predicted octanol–water partition coefficient (Wildman–Crippen LogP) is 4.81. The van der Waals surface area contributed by atoms with E-state index in [1.165, 1.54) is 17.7 Å². The van der Waals surface area contributed by atoms with Crippen molar-refractivity contribution in [1.29, 1.82) is 0 Å². The average molecular weight is 306 g/mol. The van der Waals surface area contributed by atoms with Gasteiger partial charge in [-0.15, -0.1) is 0 Å². The van der Waals surface area contributed by atoms with E-state index >= 15 is 0 Å². The summed E-state index contributed by atoms with van der Waals surface area (Å²) in [5, 5.41) is 4.22. The number of hydrogen-bond donors (Lipinski definition) is 1. The first-order valence-corrected chi connectivity index (χ1v) is 7.77. The summed E-state index contributed by atoms with van der Waals surface area (Å²) in [6.07, 6.45) is 2.00. The standard InChI is InChI=1S/C18H21ClFN/c1-2-11-21-13-16(15-5-7-17(19)8-6-15)12-14-3-9-18(20)10-4-14/h3-10,16,21H,2,11-13H2,1H3. The van der Waals surface area contributed by atoms with Crippen LogP contribution in [0.4, 0.5) is 4.39 Å². The molecule has 3 heteroatoms. The maximum Gasteiger partial charge on any atom is 0.123 e. The minimum atomic E-state index is -0.189. The Morgan fingerprint density at radius 1 is 1.05 bits per heavy atom. The van der Waals surface area contributed by atoms with Crippen LogP contribution in [0.1, 0.15) is 30.4 Å². The summed E-state index contributed by atoms with van der Waals surface area (Å²) in [5.41, 5.74) is 2.40. The molecule has 2 aromatic rings. The van der Waals surface area contributed by atoms with Crippen LogP contribution in [0, 0.1) is 5.82 Å². The molecule has 2 aromatic carbocycles. The van der Waals surface area contributed by atoms with E-state index in [2.05, 4.69) is 24.4 Å². The van der Waals surface area contributed by atoms with Gasteiger partial charge in [0.05, 0.1) is 0 Å². The summed E-state index contributed by atoms with van der Waals surface area (Å²) in [6.45, 7) is 4.07. The van der Waals surface area contributed by atoms with Crippen molar-refractivity contribution in [3.05, 3.63) is 70.5 Å². The van der Waals surface area contributed by atoms with Crippen LogP contribution in [0.2, 0.25) is 5.02 Å². The molecule has 0 aliphatic heterocycles. The van der Waals surface area contributed by atoms with E-state index in [0.29, 0.717) is 5.92 Å². The summed E-state index contributed by atoms with van der Waals surface area (Å²) >= 11 is 5.96. The van der Waals surface area contributed by atoms with Gasteiger partial charge >= 0.3 is 0 Å². The molecule has 0 amide bonds. The molecule has 0 heterocycles. The fourth-order valence-electron chi connectivity index (χ4n) is 2.40. The highest BCUT2D eigenvalue weighted by atomic mass is 35.5. The molecule has 21 heavy (non-hydrogen) atoms. The van der Waals surface area contributed by atoms with E-state index < -0.39 is 0 Å². The lowest BCUT2D eigenvalue weighted by Crippen LogP contribution is -2.23. The Kier molecular flexibility index (Phi) is 6.21. The van der Waals surface area contributed by atoms with Crippen molar-refractivity contribution in [2.75, 3.05) is 13.1 Å². The Hall–Kier alpha value is -1.38. The van der Waals surface area contributed by atoms with Crippen LogP contribution in [-0.2, 0) is 6.42 Å². The van der Waals surface area contributed by atoms with Crippen molar-refractivity contribution in [3.63, 3.8) is 0 Å². The molecule has 0 aliphatic rings. The van der Waals surface area contributed by atoms with Gasteiger partial charge in [0.2, 0.25) is 0 Å². The molecule has 0 saturated heterocycles. The Morgan fingerprint density at radius 3 is 2.33 bits per heavy atom. The third kappa shape index (κ3) is 5.14. The van der Waals surface area contributed by atoms with E-state index in [-0.39, 0.29) is 5.82 Å². The average Bonchev–Trinajstić information content (AvgIpc) is 2.49. The molecule has 1 N–H and O–H groups in total. The zero-order valence-corrected chi connectivity index (χ0v) is 13.0. The number of benzene rings is 2. The Morgan fingerprint density at radius 2 is 1.71 bits per heavy atom. The lowest BCUT2D eigenvalue weighted by atomic mass is 9.92. The highest BCUT2D eigenvalue weighted by Gasteiger charge is 2.12. The van der Waals surface area contributed by atoms with Crippen molar-refractivity contribution in [2.24, 2.45) is 0 Å². The molecular weight excluding hydrogens is 285 g/mol. The summed E-state index contributed by atoms with van der Waals surface area (Å²) in [4.78, 5) is 0. The first kappa shape index (κ1) is 16.0. The Balaban J connectivity index is 2.11. The van der Waals surface area contributed by atoms with Crippen molar-refractivity contribution < 1.29 is 4.39 Å². The highest BCUT2D eigenvalue weighted by molar-refractivity contribution is 6.30. The number of rotatable bonds is 7. The van der Waals surface area contributed by atoms with Gasteiger partial charge in [0.25, 0.3) is 0 Å². The smallest absolute Gasteiger partial charge is 0.123 e. The molecular formula is C18H21ClFN. The molecule has 1 nitrogen and oxygen atoms in total. The fraction of sp³-hybridized carbons (Fsp3) is 0.333. The van der Waals surface area contributed by atoms with Crippen LogP contribution in [0.25, 0.3) is 0 Å². The molecule has 0 radical (unpaired) electrons. The maximum absolute atomic E-state index is 13.0. The first-order valence-electron chi connectivity index (χ1n) is 7.39. The van der Waals surface area contributed by atoms with Crippen molar-refractivity contribution >= 4 is 11.6 Å². The van der Waals surface area contributed by atoms with E-state index in [0.717, 1.165) is 36.5 Å². The zero-order chi connectivity index (χ0) is 15.1. The van der Waals surface area contributed by atoms with Gasteiger partial charge in [-0.2, -0.15) is 0 Å². The number of nitrogens with one attached hydrogen (secondary N) is 1. The zero-order valence-electron chi connectivity index (χ0n) is 12.3. The van der Waals surface area contributed by atoms with Gasteiger partial charge in [0.1, 0.15) is 5.82 Å². The van der Waals surface area contributed by atoms with Gasteiger partial charge in [-0.3, -0.25) is 0 Å². The minimum absolute atomic E-state index is 0.189. The Labute approximate surface area is 131 Å². The molecule has 2 rings (SSSR count). The monoisotopic (exact) mass is 305 g/mol. The van der Waals surface area contributed by atoms with Gasteiger partial charge in [-0.05, 0) is 54.8 Å². The Bertz CT molecular complexity index is 536. The third-order valence-electron chi connectivity index (χ3n) is 3.55. The third-order valence-corrected chi connectivity index (χ3v) is 3.81. The van der Waals surface area contributed by atoms with Crippen LogP contribution >= 0.6 is 11.6 Å². The van der Waals surface area contributed by atoms with Crippen molar-refractivity contribution in [2.45, 2.75) is 25.7 Å². The molecule has 0 bridgehead atoms. The number of halogens is 2. The van der Waals surface area contributed by atoms with Crippen LogP contribution in [0.15, 0.2) is 48.5 Å². The van der Waals surface area contributed by atoms with E-state index in [1.807, 2.05) is 24.3 Å². The molecule has 0 aliphatic carbocycles. The van der Waals surface area contributed by atoms with Crippen LogP contribution in [0.3, 0.4) is 0 Å². The molecule has 0 fully saturated rings. The molecule has 0 saturated carbocycles. The molecule has 1 atom stereocenters. The lowest BCUT2D eigenvalue weighted by molar-refractivity contribution is 0.575. The molecule has 0 aromatic heterocycles. The first-order chi connectivity index (χ1) is 10.2. The largest absolute Gasteiger partial charge is 0.316 e. The normalized spacial score (nSPS) is 12.3. The second kappa shape index (κ2) is 8.16. The SMILES string of the molecule is CCCNCC(Cc1ccc(F)cc1)c1ccc(Cl)cc1. The summed E-state index contributed by atoms with van der Waals surface area (Å²) in [5.74, 6) is 0.171. The summed E-state index contributed by atoms with van der Waals surface area (Å²) in [6, 6.07) is 14.8. The topological polar surface area (TPSA) is 12.0 Å². The lowest BCUT2D eigenvalue weighted by Gasteiger charge is -2.18. The quantitative estimate of drug-likeness (QED) is 0.724. The second-order valence-electron chi connectivity index (χ2n) is 5.28. The predicted molar refractivity (Wildman–Crippen MR) is 87.5 cm³/mol. The molecule has 112 valence electrons. The highest BCUT2D eigenvalue weighted by Crippen LogP contribution is 2.22. The fourth-order valence-corrected chi connectivity index (χ4v) is 2.53. The van der Waals surface area contributed by atoms with Gasteiger partial charge in [-0.25, -0.2) is 4.39 Å². The molecule has 0 spiro atoms. The van der Waals surface area contributed by atoms with Crippen LogP contribution in [-0.4, -0.2) is 13.1 Å². The van der Waals surface area contributed by atoms with E-state index in [1.54, 1.807) is 0 Å². The maximum atomic E-state index is 13.0. The molecule has 1 unspecified atom stereocenters. The van der Waals surface area contributed by atoms with Crippen LogP contribution in [0.5, 0.6) is 0 Å². The van der Waals surface area contributed by atoms with Gasteiger partial charge in [-0.1, -0.05) is 42.8 Å². The summed E-state index contributed by atoms with van der Waals surface area (Å²) < 4.78 is 13.0. The van der Waals surface area contributed by atoms with Gasteiger partial charge in [0.15, 0.2) is 0 Å². The number of hydrogen-bond acceptors (Lipinski definition) is 1. The van der Waals surface area contributed by atoms with Crippen molar-refractivity contribution in [1.82, 2.24) is 5.32 Å². The van der Waals surface area contributed by atoms with Gasteiger partial charge in [0, 0.05) is 17.5 Å². The van der Waals surface area contributed by atoms with Crippen molar-refractivity contribution in [3.8, 4) is 0 Å². The van der Waals surface area contributed by atoms with E-state index in [9.17, 15) is 4.39 Å². The van der Waals surface area contributed by atoms with Crippen LogP contribution < -0.4 is 5.32 Å². The minimum Gasteiger partial charge on any atom is -0.316 e. The van der Waals surface area contributed by atoms with E-state index in [4.69, 9.17) is 11.6 Å². The van der Waals surface area contributed by atoms with Gasteiger partial charge < -0.3 is 5.32 Å². The second-order valence-corrected chi connectivity index (χ2v) is 5.72. The summed E-state index contributed by atoms with van der Waals surface area (Å²) in [7, 11) is 0.